The molecule has 2 bridgehead atoms. The lowest BCUT2D eigenvalue weighted by molar-refractivity contribution is -0.227. The number of rotatable bonds is 0. The van der Waals surface area contributed by atoms with E-state index in [4.69, 9.17) is 9.47 Å². The van der Waals surface area contributed by atoms with Crippen LogP contribution in [0.15, 0.2) is 0 Å². The topological polar surface area (TPSA) is 21.8 Å². The molecule has 1 spiro atoms. The van der Waals surface area contributed by atoms with Gasteiger partial charge in [0.15, 0.2) is 11.9 Å². The molecule has 0 N–H and O–H groups in total. The summed E-state index contributed by atoms with van der Waals surface area (Å²) < 4.78 is 11.3. The molecule has 5 unspecified atom stereocenters. The van der Waals surface area contributed by atoms with E-state index in [0.29, 0.717) is 11.5 Å². The first kappa shape index (κ1) is 6.39. The van der Waals surface area contributed by atoms with Gasteiger partial charge in [0.05, 0.1) is 6.10 Å². The van der Waals surface area contributed by atoms with Gasteiger partial charge in [-0.25, -0.2) is 0 Å². The maximum absolute atomic E-state index is 5.68. The van der Waals surface area contributed by atoms with Crippen molar-refractivity contribution in [2.45, 2.75) is 44.7 Å². The number of hydrogen-bond donors (Lipinski definition) is 0. The normalized spacial score (nSPS) is 68.5. The zero-order valence-electron chi connectivity index (χ0n) is 7.54. The van der Waals surface area contributed by atoms with Gasteiger partial charge in [0.2, 0.25) is 0 Å². The van der Waals surface area contributed by atoms with Crippen molar-refractivity contribution in [3.63, 3.8) is 0 Å². The van der Waals surface area contributed by atoms with Crippen LogP contribution in [0.25, 0.3) is 0 Å². The predicted octanol–water partition coefficient (Wildman–Crippen LogP) is 1.55. The van der Waals surface area contributed by atoms with Gasteiger partial charge in [0.1, 0.15) is 0 Å². The Hall–Kier alpha value is -0.0800. The van der Waals surface area contributed by atoms with Gasteiger partial charge in [0.25, 0.3) is 0 Å². The zero-order valence-corrected chi connectivity index (χ0v) is 7.54. The smallest absolute Gasteiger partial charge is 0.191 e. The minimum atomic E-state index is 0.202. The molecule has 5 fully saturated rings. The Labute approximate surface area is 72.2 Å². The number of epoxide rings is 1. The summed E-state index contributed by atoms with van der Waals surface area (Å²) in [5.41, 5.74) is 0.757. The highest BCUT2D eigenvalue weighted by Crippen LogP contribution is 2.74. The summed E-state index contributed by atoms with van der Waals surface area (Å²) in [5.74, 6) is 1.70. The van der Waals surface area contributed by atoms with Crippen molar-refractivity contribution >= 4 is 0 Å². The molecule has 0 aromatic carbocycles. The summed E-state index contributed by atoms with van der Waals surface area (Å²) in [6.45, 7) is 4.79. The molecule has 3 aliphatic carbocycles. The van der Waals surface area contributed by atoms with E-state index in [2.05, 4.69) is 13.8 Å². The second-order valence-corrected chi connectivity index (χ2v) is 5.47. The van der Waals surface area contributed by atoms with Crippen LogP contribution in [0.2, 0.25) is 0 Å². The van der Waals surface area contributed by atoms with Crippen molar-refractivity contribution in [2.75, 3.05) is 0 Å². The van der Waals surface area contributed by atoms with Gasteiger partial charge in [-0.2, -0.15) is 0 Å². The van der Waals surface area contributed by atoms with Crippen LogP contribution >= 0.6 is 0 Å². The first-order chi connectivity index (χ1) is 5.65. The standard InChI is InChI=1S/C10H14O2/c1-9(2)5-3-6(9)10-7(4-5)11-8(10)12-10/h5-8H,3-4H2,1-2H3. The lowest BCUT2D eigenvalue weighted by Gasteiger charge is -2.63. The molecule has 2 aliphatic heterocycles. The van der Waals surface area contributed by atoms with E-state index >= 15 is 0 Å². The first-order valence-electron chi connectivity index (χ1n) is 4.99. The third-order valence-electron chi connectivity index (χ3n) is 4.93. The van der Waals surface area contributed by atoms with Crippen LogP contribution in [0.5, 0.6) is 0 Å². The predicted molar refractivity (Wildman–Crippen MR) is 42.5 cm³/mol. The third kappa shape index (κ3) is 0.391. The molecule has 5 aliphatic rings. The average molecular weight is 166 g/mol. The molecule has 2 nitrogen and oxygen atoms in total. The molecule has 0 aromatic rings. The van der Waals surface area contributed by atoms with E-state index in [1.54, 1.807) is 0 Å². The van der Waals surface area contributed by atoms with Crippen LogP contribution in [0.4, 0.5) is 0 Å². The van der Waals surface area contributed by atoms with Crippen molar-refractivity contribution in [2.24, 2.45) is 17.3 Å². The molecular formula is C10H14O2. The molecule has 2 saturated heterocycles. The summed E-state index contributed by atoms with van der Waals surface area (Å²) in [4.78, 5) is 0. The molecule has 0 amide bonds. The Morgan fingerprint density at radius 1 is 1.25 bits per heavy atom. The molecule has 0 aromatic heterocycles. The second kappa shape index (κ2) is 1.38. The fourth-order valence-electron chi connectivity index (χ4n) is 3.85. The van der Waals surface area contributed by atoms with Crippen LogP contribution in [-0.4, -0.2) is 18.0 Å². The van der Waals surface area contributed by atoms with Crippen LogP contribution < -0.4 is 0 Å². The molecule has 2 heteroatoms. The van der Waals surface area contributed by atoms with Crippen LogP contribution in [0.1, 0.15) is 26.7 Å². The fraction of sp³-hybridized carbons (Fsp3) is 1.00. The average Bonchev–Trinajstić information content (AvgIpc) is 2.57. The van der Waals surface area contributed by atoms with Gasteiger partial charge in [-0.1, -0.05) is 13.8 Å². The highest BCUT2D eigenvalue weighted by atomic mass is 16.8. The molecule has 12 heavy (non-hydrogen) atoms. The van der Waals surface area contributed by atoms with Crippen molar-refractivity contribution in [3.05, 3.63) is 0 Å². The van der Waals surface area contributed by atoms with Crippen LogP contribution in [0, 0.1) is 17.3 Å². The molecule has 3 saturated carbocycles. The summed E-state index contributed by atoms with van der Waals surface area (Å²) in [5, 5.41) is 0. The molecule has 0 radical (unpaired) electrons. The van der Waals surface area contributed by atoms with E-state index in [-0.39, 0.29) is 11.9 Å². The van der Waals surface area contributed by atoms with Crippen LogP contribution in [0.3, 0.4) is 0 Å². The van der Waals surface area contributed by atoms with E-state index in [1.807, 2.05) is 0 Å². The third-order valence-corrected chi connectivity index (χ3v) is 4.93. The van der Waals surface area contributed by atoms with Gasteiger partial charge in [-0.15, -0.1) is 0 Å². The number of ether oxygens (including phenoxy) is 2. The Balaban J connectivity index is 1.79. The molecule has 66 valence electrons. The summed E-state index contributed by atoms with van der Waals surface area (Å²) in [7, 11) is 0. The SMILES string of the molecule is CC1(C)C2CC3OC4OC34C1C2. The van der Waals surface area contributed by atoms with Gasteiger partial charge in [-0.05, 0) is 24.2 Å². The van der Waals surface area contributed by atoms with Gasteiger partial charge >= 0.3 is 0 Å². The lowest BCUT2D eigenvalue weighted by atomic mass is 9.43. The van der Waals surface area contributed by atoms with Gasteiger partial charge in [0, 0.05) is 5.92 Å². The van der Waals surface area contributed by atoms with E-state index < -0.39 is 0 Å². The second-order valence-electron chi connectivity index (χ2n) is 5.47. The maximum atomic E-state index is 5.68. The van der Waals surface area contributed by atoms with E-state index in [9.17, 15) is 0 Å². The Morgan fingerprint density at radius 2 is 2.08 bits per heavy atom. The Kier molecular flexibility index (Phi) is 0.734. The number of hydrogen-bond acceptors (Lipinski definition) is 2. The summed E-state index contributed by atoms with van der Waals surface area (Å²) >= 11 is 0. The van der Waals surface area contributed by atoms with Crippen molar-refractivity contribution < 1.29 is 9.47 Å². The monoisotopic (exact) mass is 166 g/mol. The Bertz CT molecular complexity index is 273. The van der Waals surface area contributed by atoms with E-state index in [0.717, 1.165) is 11.8 Å². The summed E-state index contributed by atoms with van der Waals surface area (Å²) in [6, 6.07) is 0. The quantitative estimate of drug-likeness (QED) is 0.509. The van der Waals surface area contributed by atoms with Crippen molar-refractivity contribution in [1.29, 1.82) is 0 Å². The molecule has 5 atom stereocenters. The lowest BCUT2D eigenvalue weighted by Crippen LogP contribution is -2.68. The van der Waals surface area contributed by atoms with Gasteiger partial charge < -0.3 is 9.47 Å². The van der Waals surface area contributed by atoms with Gasteiger partial charge in [-0.3, -0.25) is 0 Å². The highest BCUT2D eigenvalue weighted by molar-refractivity contribution is 5.26. The summed E-state index contributed by atoms with van der Waals surface area (Å²) in [6.07, 6.45) is 3.32. The minimum Gasteiger partial charge on any atom is -0.343 e. The molecule has 5 rings (SSSR count). The fourth-order valence-corrected chi connectivity index (χ4v) is 3.85. The molecular weight excluding hydrogens is 152 g/mol. The minimum absolute atomic E-state index is 0.202. The first-order valence-corrected chi connectivity index (χ1v) is 4.99. The van der Waals surface area contributed by atoms with Crippen LogP contribution in [-0.2, 0) is 9.47 Å². The largest absolute Gasteiger partial charge is 0.343 e. The van der Waals surface area contributed by atoms with Crippen molar-refractivity contribution in [1.82, 2.24) is 0 Å². The van der Waals surface area contributed by atoms with E-state index in [1.165, 1.54) is 12.8 Å². The maximum Gasteiger partial charge on any atom is 0.191 e. The Morgan fingerprint density at radius 3 is 2.58 bits per heavy atom. The highest BCUT2D eigenvalue weighted by Gasteiger charge is 2.84. The zero-order chi connectivity index (χ0) is 8.14. The molecule has 2 heterocycles. The van der Waals surface area contributed by atoms with Crippen molar-refractivity contribution in [3.8, 4) is 0 Å².